The molecule has 0 aromatic heterocycles. The smallest absolute Gasteiger partial charge is 0.416 e. The van der Waals surface area contributed by atoms with Crippen LogP contribution in [0.2, 0.25) is 0 Å². The van der Waals surface area contributed by atoms with E-state index >= 15 is 0 Å². The Hall–Kier alpha value is -2.16. The summed E-state index contributed by atoms with van der Waals surface area (Å²) in [4.78, 5) is 24.1. The van der Waals surface area contributed by atoms with Crippen molar-refractivity contribution in [3.05, 3.63) is 35.5 Å². The molecule has 24 heavy (non-hydrogen) atoms. The number of rotatable bonds is 3. The van der Waals surface area contributed by atoms with Crippen LogP contribution in [0.3, 0.4) is 0 Å². The first-order valence-electron chi connectivity index (χ1n) is 6.72. The molecule has 1 aromatic carbocycles. The fraction of sp³-hybridized carbons (Fsp3) is 0.333. The summed E-state index contributed by atoms with van der Waals surface area (Å²) in [7, 11) is 0. The molecule has 0 saturated carbocycles. The lowest BCUT2D eigenvalue weighted by atomic mass is 10.2. The summed E-state index contributed by atoms with van der Waals surface area (Å²) in [5.74, 6) is -3.21. The Bertz CT molecular complexity index is 691. The van der Waals surface area contributed by atoms with Crippen LogP contribution in [-0.2, 0) is 25.2 Å². The lowest BCUT2D eigenvalue weighted by Gasteiger charge is -2.29. The molecule has 9 heteroatoms. The van der Waals surface area contributed by atoms with Gasteiger partial charge in [0.1, 0.15) is 0 Å². The first-order chi connectivity index (χ1) is 11.0. The highest BCUT2D eigenvalue weighted by Gasteiger charge is 2.39. The maximum atomic E-state index is 12.8. The van der Waals surface area contributed by atoms with E-state index in [4.69, 9.17) is 9.47 Å². The fourth-order valence-corrected chi connectivity index (χ4v) is 2.47. The van der Waals surface area contributed by atoms with Crippen LogP contribution in [0, 0.1) is 0 Å². The van der Waals surface area contributed by atoms with Gasteiger partial charge in [-0.05, 0) is 24.5 Å². The lowest BCUT2D eigenvalue weighted by Crippen LogP contribution is -2.42. The molecule has 1 saturated heterocycles. The van der Waals surface area contributed by atoms with Crippen LogP contribution < -0.4 is 5.32 Å². The van der Waals surface area contributed by atoms with Gasteiger partial charge >= 0.3 is 18.1 Å². The zero-order valence-corrected chi connectivity index (χ0v) is 13.8. The molecule has 0 bridgehead atoms. The SMILES string of the molecule is CSc1ccc(C(F)(F)F)cc1NC=C1C(=O)OC(C)(C)OC1=O. The molecule has 5 nitrogen and oxygen atoms in total. The van der Waals surface area contributed by atoms with Crippen molar-refractivity contribution in [2.24, 2.45) is 0 Å². The van der Waals surface area contributed by atoms with Crippen LogP contribution >= 0.6 is 11.8 Å². The predicted octanol–water partition coefficient (Wildman–Crippen LogP) is 3.56. The van der Waals surface area contributed by atoms with Gasteiger partial charge in [0.2, 0.25) is 0 Å². The number of esters is 2. The highest BCUT2D eigenvalue weighted by atomic mass is 32.2. The molecule has 0 amide bonds. The van der Waals surface area contributed by atoms with Crippen molar-refractivity contribution >= 4 is 29.4 Å². The predicted molar refractivity (Wildman–Crippen MR) is 81.2 cm³/mol. The van der Waals surface area contributed by atoms with Gasteiger partial charge in [0, 0.05) is 24.9 Å². The molecule has 0 radical (unpaired) electrons. The van der Waals surface area contributed by atoms with E-state index < -0.39 is 35.0 Å². The summed E-state index contributed by atoms with van der Waals surface area (Å²) in [5, 5.41) is 2.55. The number of hydrogen-bond acceptors (Lipinski definition) is 6. The second kappa shape index (κ2) is 6.39. The number of ether oxygens (including phenoxy) is 2. The van der Waals surface area contributed by atoms with Crippen molar-refractivity contribution in [2.45, 2.75) is 30.7 Å². The van der Waals surface area contributed by atoms with Crippen molar-refractivity contribution < 1.29 is 32.2 Å². The summed E-state index contributed by atoms with van der Waals surface area (Å²) >= 11 is 1.21. The summed E-state index contributed by atoms with van der Waals surface area (Å²) in [6, 6.07) is 3.15. The van der Waals surface area contributed by atoms with Crippen LogP contribution in [0.25, 0.3) is 0 Å². The highest BCUT2D eigenvalue weighted by Crippen LogP contribution is 2.35. The molecule has 1 heterocycles. The van der Waals surface area contributed by atoms with E-state index in [0.29, 0.717) is 4.90 Å². The Morgan fingerprint density at radius 3 is 2.25 bits per heavy atom. The third-order valence-corrected chi connectivity index (χ3v) is 3.81. The van der Waals surface area contributed by atoms with Gasteiger partial charge in [-0.15, -0.1) is 11.8 Å². The molecule has 130 valence electrons. The van der Waals surface area contributed by atoms with E-state index in [9.17, 15) is 22.8 Å². The monoisotopic (exact) mass is 361 g/mol. The van der Waals surface area contributed by atoms with Crippen molar-refractivity contribution in [3.8, 4) is 0 Å². The van der Waals surface area contributed by atoms with Crippen LogP contribution in [0.15, 0.2) is 34.9 Å². The van der Waals surface area contributed by atoms with E-state index in [0.717, 1.165) is 18.3 Å². The number of carbonyl (C=O) groups excluding carboxylic acids is 2. The zero-order valence-electron chi connectivity index (χ0n) is 13.0. The van der Waals surface area contributed by atoms with Crippen molar-refractivity contribution in [3.63, 3.8) is 0 Å². The van der Waals surface area contributed by atoms with Gasteiger partial charge < -0.3 is 14.8 Å². The Morgan fingerprint density at radius 1 is 1.17 bits per heavy atom. The maximum absolute atomic E-state index is 12.8. The molecule has 0 unspecified atom stereocenters. The molecule has 1 aliphatic rings. The Morgan fingerprint density at radius 2 is 1.75 bits per heavy atom. The van der Waals surface area contributed by atoms with Gasteiger partial charge in [0.15, 0.2) is 5.57 Å². The average Bonchev–Trinajstić information content (AvgIpc) is 2.43. The number of nitrogens with one attached hydrogen (secondary N) is 1. The second-order valence-corrected chi connectivity index (χ2v) is 6.14. The minimum atomic E-state index is -4.51. The zero-order chi connectivity index (χ0) is 18.1. The van der Waals surface area contributed by atoms with Gasteiger partial charge in [-0.3, -0.25) is 0 Å². The van der Waals surface area contributed by atoms with Gasteiger partial charge in [-0.25, -0.2) is 9.59 Å². The van der Waals surface area contributed by atoms with Crippen molar-refractivity contribution in [1.82, 2.24) is 0 Å². The topological polar surface area (TPSA) is 64.6 Å². The Kier molecular flexibility index (Phi) is 4.84. The molecule has 1 aromatic rings. The molecule has 1 N–H and O–H groups in total. The number of thioether (sulfide) groups is 1. The van der Waals surface area contributed by atoms with Crippen LogP contribution in [0.1, 0.15) is 19.4 Å². The first kappa shape index (κ1) is 18.2. The molecule has 1 fully saturated rings. The molecule has 1 aliphatic heterocycles. The van der Waals surface area contributed by atoms with Crippen molar-refractivity contribution in [1.29, 1.82) is 0 Å². The van der Waals surface area contributed by atoms with Crippen LogP contribution in [0.4, 0.5) is 18.9 Å². The van der Waals surface area contributed by atoms with Crippen LogP contribution in [-0.4, -0.2) is 24.0 Å². The normalized spacial score (nSPS) is 17.2. The number of alkyl halides is 3. The Balaban J connectivity index is 2.31. The van der Waals surface area contributed by atoms with Crippen LogP contribution in [0.5, 0.6) is 0 Å². The summed E-state index contributed by atoms with van der Waals surface area (Å²) in [6.45, 7) is 2.79. The Labute approximate surface area is 140 Å². The van der Waals surface area contributed by atoms with Crippen molar-refractivity contribution in [2.75, 3.05) is 11.6 Å². The molecular weight excluding hydrogens is 347 g/mol. The molecule has 0 aliphatic carbocycles. The second-order valence-electron chi connectivity index (χ2n) is 5.29. The molecular formula is C15H14F3NO4S. The summed E-state index contributed by atoms with van der Waals surface area (Å²) in [5.41, 5.74) is -1.18. The summed E-state index contributed by atoms with van der Waals surface area (Å²) in [6.07, 6.45) is -1.84. The summed E-state index contributed by atoms with van der Waals surface area (Å²) < 4.78 is 48.2. The quantitative estimate of drug-likeness (QED) is 0.384. The van der Waals surface area contributed by atoms with E-state index in [-0.39, 0.29) is 5.69 Å². The third-order valence-electron chi connectivity index (χ3n) is 3.02. The van der Waals surface area contributed by atoms with E-state index in [2.05, 4.69) is 5.32 Å². The standard InChI is InChI=1S/C15H14F3NO4S/c1-14(2)22-12(20)9(13(21)23-14)7-19-10-6-8(15(16,17)18)4-5-11(10)24-3/h4-7,19H,1-3H3. The van der Waals surface area contributed by atoms with E-state index in [1.165, 1.54) is 31.7 Å². The van der Waals surface area contributed by atoms with Gasteiger partial charge in [-0.2, -0.15) is 13.2 Å². The number of cyclic esters (lactones) is 2. The molecule has 2 rings (SSSR count). The lowest BCUT2D eigenvalue weighted by molar-refractivity contribution is -0.222. The van der Waals surface area contributed by atoms with Gasteiger partial charge in [0.25, 0.3) is 5.79 Å². The first-order valence-corrected chi connectivity index (χ1v) is 7.94. The minimum Gasteiger partial charge on any atom is -0.419 e. The number of carbonyl (C=O) groups is 2. The molecule has 0 spiro atoms. The number of anilines is 1. The number of halogens is 3. The fourth-order valence-electron chi connectivity index (χ4n) is 1.93. The van der Waals surface area contributed by atoms with E-state index in [1.54, 1.807) is 6.26 Å². The third kappa shape index (κ3) is 4.02. The maximum Gasteiger partial charge on any atom is 0.416 e. The molecule has 0 atom stereocenters. The number of benzene rings is 1. The average molecular weight is 361 g/mol. The minimum absolute atomic E-state index is 0.107. The largest absolute Gasteiger partial charge is 0.419 e. The van der Waals surface area contributed by atoms with Gasteiger partial charge in [-0.1, -0.05) is 0 Å². The number of hydrogen-bond donors (Lipinski definition) is 1. The van der Waals surface area contributed by atoms with E-state index in [1.807, 2.05) is 0 Å². The highest BCUT2D eigenvalue weighted by molar-refractivity contribution is 7.98. The van der Waals surface area contributed by atoms with Gasteiger partial charge in [0.05, 0.1) is 11.3 Å².